The summed E-state index contributed by atoms with van der Waals surface area (Å²) in [6.07, 6.45) is 7.40. The van der Waals surface area contributed by atoms with E-state index in [0.717, 1.165) is 17.4 Å². The third-order valence-electron chi connectivity index (χ3n) is 4.00. The predicted octanol–water partition coefficient (Wildman–Crippen LogP) is 3.63. The summed E-state index contributed by atoms with van der Waals surface area (Å²) in [7, 11) is 0. The largest absolute Gasteiger partial charge is 0.244 e. The van der Waals surface area contributed by atoms with E-state index in [1.165, 1.54) is 38.6 Å². The van der Waals surface area contributed by atoms with Gasteiger partial charge in [-0.15, -0.1) is 0 Å². The van der Waals surface area contributed by atoms with Gasteiger partial charge in [-0.1, -0.05) is 20.3 Å². The molecule has 2 fully saturated rings. The number of rotatable bonds is 1. The average Bonchev–Trinajstić information content (AvgIpc) is 2.00. The molecule has 1 aliphatic carbocycles. The van der Waals surface area contributed by atoms with Crippen LogP contribution in [0.2, 0.25) is 0 Å². The van der Waals surface area contributed by atoms with Crippen molar-refractivity contribution in [2.75, 3.05) is 6.54 Å². The van der Waals surface area contributed by atoms with E-state index in [4.69, 9.17) is 0 Å². The first-order valence-corrected chi connectivity index (χ1v) is 6.52. The van der Waals surface area contributed by atoms with E-state index < -0.39 is 0 Å². The maximum atomic E-state index is 2.59. The lowest BCUT2D eigenvalue weighted by atomic mass is 9.63. The molecule has 1 nitrogen and oxygen atoms in total. The topological polar surface area (TPSA) is 3.24 Å². The first-order valence-electron chi connectivity index (χ1n) is 5.55. The van der Waals surface area contributed by atoms with Crippen LogP contribution in [0, 0.1) is 11.3 Å². The van der Waals surface area contributed by atoms with Gasteiger partial charge >= 0.3 is 0 Å². The second kappa shape index (κ2) is 3.69. The molecule has 1 aliphatic heterocycles. The van der Waals surface area contributed by atoms with Crippen LogP contribution in [-0.4, -0.2) is 15.7 Å². The normalized spacial score (nSPS) is 33.7. The van der Waals surface area contributed by atoms with E-state index in [9.17, 15) is 0 Å². The van der Waals surface area contributed by atoms with Gasteiger partial charge in [-0.05, 0) is 37.0 Å². The van der Waals surface area contributed by atoms with Crippen molar-refractivity contribution in [3.05, 3.63) is 0 Å². The summed E-state index contributed by atoms with van der Waals surface area (Å²) in [5.74, 6) is 0.828. The molecule has 1 saturated carbocycles. The molecule has 2 aliphatic rings. The SMILES string of the molecule is CC(C)[C@H]1CCC2(CCC2)CN1I. The first kappa shape index (κ1) is 10.2. The van der Waals surface area contributed by atoms with Crippen LogP contribution in [-0.2, 0) is 0 Å². The van der Waals surface area contributed by atoms with Crippen molar-refractivity contribution in [1.29, 1.82) is 0 Å². The quantitative estimate of drug-likeness (QED) is 0.527. The Labute approximate surface area is 95.8 Å². The van der Waals surface area contributed by atoms with Crippen molar-refractivity contribution >= 4 is 22.9 Å². The third-order valence-corrected chi connectivity index (χ3v) is 5.06. The number of hydrogen-bond acceptors (Lipinski definition) is 1. The summed E-state index contributed by atoms with van der Waals surface area (Å²) in [5.41, 5.74) is 0.757. The lowest BCUT2D eigenvalue weighted by molar-refractivity contribution is 0.0321. The summed E-state index contributed by atoms with van der Waals surface area (Å²) in [6.45, 7) is 6.07. The molecule has 0 aromatic heterocycles. The minimum absolute atomic E-state index is 0.757. The van der Waals surface area contributed by atoms with E-state index in [-0.39, 0.29) is 0 Å². The lowest BCUT2D eigenvalue weighted by Crippen LogP contribution is -2.49. The van der Waals surface area contributed by atoms with Crippen LogP contribution in [0.25, 0.3) is 0 Å². The molecule has 0 radical (unpaired) electrons. The highest BCUT2D eigenvalue weighted by atomic mass is 127. The maximum absolute atomic E-state index is 2.59. The third kappa shape index (κ3) is 1.89. The van der Waals surface area contributed by atoms with Gasteiger partial charge in [0.15, 0.2) is 0 Å². The van der Waals surface area contributed by atoms with Crippen LogP contribution >= 0.6 is 22.9 Å². The van der Waals surface area contributed by atoms with Gasteiger partial charge in [-0.2, -0.15) is 0 Å². The highest BCUT2D eigenvalue weighted by Gasteiger charge is 2.43. The van der Waals surface area contributed by atoms with E-state index in [2.05, 4.69) is 39.8 Å². The summed E-state index contributed by atoms with van der Waals surface area (Å²) < 4.78 is 2.59. The van der Waals surface area contributed by atoms with Crippen molar-refractivity contribution in [2.45, 2.75) is 52.0 Å². The first-order chi connectivity index (χ1) is 6.13. The molecule has 0 bridgehead atoms. The highest BCUT2D eigenvalue weighted by Crippen LogP contribution is 2.50. The second-order valence-electron chi connectivity index (χ2n) is 5.26. The summed E-state index contributed by atoms with van der Waals surface area (Å²) in [4.78, 5) is 0. The molecule has 0 unspecified atom stereocenters. The van der Waals surface area contributed by atoms with Crippen molar-refractivity contribution < 1.29 is 0 Å². The Morgan fingerprint density at radius 3 is 2.38 bits per heavy atom. The van der Waals surface area contributed by atoms with Gasteiger partial charge in [-0.25, -0.2) is 3.11 Å². The van der Waals surface area contributed by atoms with Crippen LogP contribution in [0.15, 0.2) is 0 Å². The van der Waals surface area contributed by atoms with Gasteiger partial charge in [0.2, 0.25) is 0 Å². The van der Waals surface area contributed by atoms with Gasteiger partial charge in [-0.3, -0.25) is 0 Å². The molecule has 2 rings (SSSR count). The van der Waals surface area contributed by atoms with Gasteiger partial charge < -0.3 is 0 Å². The zero-order valence-electron chi connectivity index (χ0n) is 8.72. The number of hydrogen-bond donors (Lipinski definition) is 0. The molecular formula is C11H20IN. The van der Waals surface area contributed by atoms with Gasteiger partial charge in [0.05, 0.1) is 0 Å². The van der Waals surface area contributed by atoms with Crippen molar-refractivity contribution in [2.24, 2.45) is 11.3 Å². The molecule has 0 N–H and O–H groups in total. The maximum Gasteiger partial charge on any atom is 0.0217 e. The molecule has 1 spiro atoms. The molecule has 1 atom stereocenters. The van der Waals surface area contributed by atoms with Gasteiger partial charge in [0.25, 0.3) is 0 Å². The zero-order chi connectivity index (χ0) is 9.47. The summed E-state index contributed by atoms with van der Waals surface area (Å²) >= 11 is 2.55. The molecule has 0 amide bonds. The monoisotopic (exact) mass is 293 g/mol. The highest BCUT2D eigenvalue weighted by molar-refractivity contribution is 14.1. The standard InChI is InChI=1S/C11H20IN/c1-9(2)10-4-7-11(5-3-6-11)8-13(10)12/h9-10H,3-8H2,1-2H3/t10-/m1/s1. The minimum Gasteiger partial charge on any atom is -0.244 e. The molecule has 1 saturated heterocycles. The van der Waals surface area contributed by atoms with Gasteiger partial charge in [0, 0.05) is 35.5 Å². The second-order valence-corrected chi connectivity index (χ2v) is 6.50. The van der Waals surface area contributed by atoms with E-state index >= 15 is 0 Å². The molecular weight excluding hydrogens is 273 g/mol. The van der Waals surface area contributed by atoms with Gasteiger partial charge in [0.1, 0.15) is 0 Å². The molecule has 1 heterocycles. The Balaban J connectivity index is 1.95. The average molecular weight is 293 g/mol. The molecule has 13 heavy (non-hydrogen) atoms. The van der Waals surface area contributed by atoms with Crippen LogP contribution < -0.4 is 0 Å². The fourth-order valence-electron chi connectivity index (χ4n) is 2.85. The molecule has 0 aromatic rings. The molecule has 0 aromatic carbocycles. The van der Waals surface area contributed by atoms with Crippen LogP contribution in [0.4, 0.5) is 0 Å². The van der Waals surface area contributed by atoms with Crippen molar-refractivity contribution in [1.82, 2.24) is 3.11 Å². The number of piperidine rings is 1. The minimum atomic E-state index is 0.757. The lowest BCUT2D eigenvalue weighted by Gasteiger charge is -2.51. The predicted molar refractivity (Wildman–Crippen MR) is 64.9 cm³/mol. The Hall–Kier alpha value is 0.690. The Morgan fingerprint density at radius 1 is 1.31 bits per heavy atom. The zero-order valence-corrected chi connectivity index (χ0v) is 10.9. The fraction of sp³-hybridized carbons (Fsp3) is 1.00. The van der Waals surface area contributed by atoms with Crippen molar-refractivity contribution in [3.63, 3.8) is 0 Å². The summed E-state index contributed by atoms with van der Waals surface area (Å²) in [6, 6.07) is 0.840. The van der Waals surface area contributed by atoms with Crippen LogP contribution in [0.5, 0.6) is 0 Å². The van der Waals surface area contributed by atoms with E-state index in [1.807, 2.05) is 0 Å². The smallest absolute Gasteiger partial charge is 0.0217 e. The fourth-order valence-corrected chi connectivity index (χ4v) is 4.50. The Bertz CT molecular complexity index is 187. The van der Waals surface area contributed by atoms with E-state index in [1.54, 1.807) is 0 Å². The Kier molecular flexibility index (Phi) is 2.90. The molecule has 76 valence electrons. The summed E-state index contributed by atoms with van der Waals surface area (Å²) in [5, 5.41) is 0. The van der Waals surface area contributed by atoms with Crippen LogP contribution in [0.1, 0.15) is 46.0 Å². The van der Waals surface area contributed by atoms with Crippen molar-refractivity contribution in [3.8, 4) is 0 Å². The van der Waals surface area contributed by atoms with Crippen LogP contribution in [0.3, 0.4) is 0 Å². The Morgan fingerprint density at radius 2 is 2.00 bits per heavy atom. The number of nitrogens with zero attached hydrogens (tertiary/aromatic N) is 1. The number of halogens is 1. The van der Waals surface area contributed by atoms with E-state index in [0.29, 0.717) is 0 Å². The molecule has 2 heteroatoms.